The van der Waals surface area contributed by atoms with Gasteiger partial charge >= 0.3 is 0 Å². The molecule has 0 saturated heterocycles. The number of pyridine rings is 1. The van der Waals surface area contributed by atoms with Crippen molar-refractivity contribution in [1.29, 1.82) is 0 Å². The van der Waals surface area contributed by atoms with E-state index in [0.29, 0.717) is 30.5 Å². The first-order valence-corrected chi connectivity index (χ1v) is 8.68. The molecule has 3 rings (SSSR count). The third-order valence-electron chi connectivity index (χ3n) is 3.92. The van der Waals surface area contributed by atoms with Crippen molar-refractivity contribution < 1.29 is 9.53 Å². The van der Waals surface area contributed by atoms with E-state index in [9.17, 15) is 4.79 Å². The van der Waals surface area contributed by atoms with Gasteiger partial charge in [0, 0.05) is 12.7 Å². The lowest BCUT2D eigenvalue weighted by Gasteiger charge is -2.11. The van der Waals surface area contributed by atoms with Crippen molar-refractivity contribution in [2.24, 2.45) is 0 Å². The number of aromatic nitrogens is 1. The van der Waals surface area contributed by atoms with Crippen LogP contribution in [0.25, 0.3) is 0 Å². The highest BCUT2D eigenvalue weighted by molar-refractivity contribution is 6.29. The number of hydrogen-bond donors (Lipinski definition) is 1. The number of amides is 1. The number of ether oxygens (including phenoxy) is 1. The van der Waals surface area contributed by atoms with Crippen LogP contribution >= 0.6 is 11.6 Å². The summed E-state index contributed by atoms with van der Waals surface area (Å²) in [5.41, 5.74) is 3.69. The minimum atomic E-state index is -0.186. The largest absolute Gasteiger partial charge is 0.372 e. The Kier molecular flexibility index (Phi) is 6.36. The minimum Gasteiger partial charge on any atom is -0.372 e. The number of carbonyl (C=O) groups excluding carboxylic acids is 1. The van der Waals surface area contributed by atoms with E-state index in [-0.39, 0.29) is 5.91 Å². The molecule has 132 valence electrons. The number of nitrogens with zero attached hydrogens (tertiary/aromatic N) is 1. The summed E-state index contributed by atoms with van der Waals surface area (Å²) in [6.45, 7) is 1.47. The molecule has 0 aliphatic heterocycles. The van der Waals surface area contributed by atoms with E-state index in [1.54, 1.807) is 12.1 Å². The van der Waals surface area contributed by atoms with E-state index in [4.69, 9.17) is 16.3 Å². The van der Waals surface area contributed by atoms with E-state index in [1.807, 2.05) is 54.6 Å². The van der Waals surface area contributed by atoms with Gasteiger partial charge in [0.2, 0.25) is 0 Å². The molecule has 3 aromatic rings. The molecule has 0 aliphatic rings. The molecule has 1 amide bonds. The second kappa shape index (κ2) is 9.13. The first kappa shape index (κ1) is 18.1. The number of hydrogen-bond acceptors (Lipinski definition) is 3. The summed E-state index contributed by atoms with van der Waals surface area (Å²) in [5, 5.41) is 3.27. The van der Waals surface area contributed by atoms with Crippen LogP contribution in [-0.2, 0) is 24.5 Å². The maximum Gasteiger partial charge on any atom is 0.253 e. The second-order valence-corrected chi connectivity index (χ2v) is 6.19. The van der Waals surface area contributed by atoms with Gasteiger partial charge in [-0.2, -0.15) is 0 Å². The molecule has 1 heterocycles. The Morgan fingerprint density at radius 3 is 2.38 bits per heavy atom. The molecule has 0 aliphatic carbocycles. The Bertz CT molecular complexity index is 851. The zero-order valence-electron chi connectivity index (χ0n) is 14.2. The summed E-state index contributed by atoms with van der Waals surface area (Å²) in [7, 11) is 0. The molecule has 1 N–H and O–H groups in total. The smallest absolute Gasteiger partial charge is 0.253 e. The Balaban J connectivity index is 1.56. The summed E-state index contributed by atoms with van der Waals surface area (Å²) < 4.78 is 5.81. The molecule has 0 bridgehead atoms. The summed E-state index contributed by atoms with van der Waals surface area (Å²) in [6, 6.07) is 21.2. The Morgan fingerprint density at radius 2 is 1.65 bits per heavy atom. The summed E-state index contributed by atoms with van der Waals surface area (Å²) in [6.07, 6.45) is 1.46. The van der Waals surface area contributed by atoms with Gasteiger partial charge in [0.05, 0.1) is 18.8 Å². The first-order chi connectivity index (χ1) is 12.7. The van der Waals surface area contributed by atoms with Gasteiger partial charge in [0.1, 0.15) is 5.15 Å². The second-order valence-electron chi connectivity index (χ2n) is 5.80. The zero-order valence-corrected chi connectivity index (χ0v) is 14.9. The van der Waals surface area contributed by atoms with Gasteiger partial charge in [0.15, 0.2) is 0 Å². The van der Waals surface area contributed by atoms with E-state index < -0.39 is 0 Å². The number of benzene rings is 2. The Morgan fingerprint density at radius 1 is 0.923 bits per heavy atom. The van der Waals surface area contributed by atoms with Crippen molar-refractivity contribution in [2.75, 3.05) is 0 Å². The fourth-order valence-electron chi connectivity index (χ4n) is 2.51. The highest BCUT2D eigenvalue weighted by Crippen LogP contribution is 2.12. The lowest BCUT2D eigenvalue weighted by Crippen LogP contribution is -2.23. The van der Waals surface area contributed by atoms with Gasteiger partial charge in [-0.1, -0.05) is 66.2 Å². The van der Waals surface area contributed by atoms with Crippen LogP contribution in [0.4, 0.5) is 0 Å². The van der Waals surface area contributed by atoms with Crippen LogP contribution in [0.5, 0.6) is 0 Å². The molecule has 5 heteroatoms. The molecule has 0 atom stereocenters. The third kappa shape index (κ3) is 5.15. The molecule has 0 fully saturated rings. The van der Waals surface area contributed by atoms with Crippen molar-refractivity contribution in [3.05, 3.63) is 100 Å². The SMILES string of the molecule is O=C(NCc1ccccc1COCc1ccccc1)c1ccc(Cl)nc1. The molecular weight excluding hydrogens is 348 g/mol. The van der Waals surface area contributed by atoms with Gasteiger partial charge in [0.25, 0.3) is 5.91 Å². The monoisotopic (exact) mass is 366 g/mol. The van der Waals surface area contributed by atoms with Crippen LogP contribution in [0.1, 0.15) is 27.0 Å². The fraction of sp³-hybridized carbons (Fsp3) is 0.143. The normalized spacial score (nSPS) is 10.5. The lowest BCUT2D eigenvalue weighted by atomic mass is 10.1. The van der Waals surface area contributed by atoms with Crippen LogP contribution in [-0.4, -0.2) is 10.9 Å². The van der Waals surface area contributed by atoms with Crippen molar-refractivity contribution in [2.45, 2.75) is 19.8 Å². The molecule has 1 aromatic heterocycles. The minimum absolute atomic E-state index is 0.186. The average Bonchev–Trinajstić information content (AvgIpc) is 2.68. The molecule has 0 radical (unpaired) electrons. The van der Waals surface area contributed by atoms with Gasteiger partial charge < -0.3 is 10.1 Å². The Hall–Kier alpha value is -2.69. The molecule has 0 saturated carbocycles. The number of rotatable bonds is 7. The summed E-state index contributed by atoms with van der Waals surface area (Å²) in [4.78, 5) is 16.1. The summed E-state index contributed by atoms with van der Waals surface area (Å²) >= 11 is 5.75. The number of nitrogens with one attached hydrogen (secondary N) is 1. The van der Waals surface area contributed by atoms with E-state index in [2.05, 4.69) is 10.3 Å². The maximum absolute atomic E-state index is 12.2. The average molecular weight is 367 g/mol. The highest BCUT2D eigenvalue weighted by Gasteiger charge is 2.08. The van der Waals surface area contributed by atoms with Crippen molar-refractivity contribution in [3.8, 4) is 0 Å². The molecular formula is C21H19ClN2O2. The fourth-order valence-corrected chi connectivity index (χ4v) is 2.62. The van der Waals surface area contributed by atoms with E-state index in [0.717, 1.165) is 16.7 Å². The topological polar surface area (TPSA) is 51.2 Å². The summed E-state index contributed by atoms with van der Waals surface area (Å²) in [5.74, 6) is -0.186. The third-order valence-corrected chi connectivity index (χ3v) is 4.14. The van der Waals surface area contributed by atoms with Crippen molar-refractivity contribution in [1.82, 2.24) is 10.3 Å². The van der Waals surface area contributed by atoms with E-state index >= 15 is 0 Å². The predicted molar refractivity (Wildman–Crippen MR) is 102 cm³/mol. The van der Waals surface area contributed by atoms with Crippen LogP contribution < -0.4 is 5.32 Å². The van der Waals surface area contributed by atoms with Gasteiger partial charge in [-0.3, -0.25) is 4.79 Å². The standard InChI is InChI=1S/C21H19ClN2O2/c22-20-11-10-18(13-23-20)21(25)24-12-17-8-4-5-9-19(17)15-26-14-16-6-2-1-3-7-16/h1-11,13H,12,14-15H2,(H,24,25). The van der Waals surface area contributed by atoms with Crippen LogP contribution in [0.15, 0.2) is 72.9 Å². The van der Waals surface area contributed by atoms with Gasteiger partial charge in [-0.15, -0.1) is 0 Å². The van der Waals surface area contributed by atoms with Crippen molar-refractivity contribution >= 4 is 17.5 Å². The predicted octanol–water partition coefficient (Wildman–Crippen LogP) is 4.38. The quantitative estimate of drug-likeness (QED) is 0.631. The van der Waals surface area contributed by atoms with Gasteiger partial charge in [-0.05, 0) is 28.8 Å². The first-order valence-electron chi connectivity index (χ1n) is 8.30. The molecule has 0 spiro atoms. The molecule has 0 unspecified atom stereocenters. The van der Waals surface area contributed by atoms with Crippen LogP contribution in [0, 0.1) is 0 Å². The molecule has 2 aromatic carbocycles. The Labute approximate surface area is 157 Å². The van der Waals surface area contributed by atoms with Crippen LogP contribution in [0.3, 0.4) is 0 Å². The highest BCUT2D eigenvalue weighted by atomic mass is 35.5. The van der Waals surface area contributed by atoms with Crippen molar-refractivity contribution in [3.63, 3.8) is 0 Å². The number of carbonyl (C=O) groups is 1. The van der Waals surface area contributed by atoms with E-state index in [1.165, 1.54) is 6.20 Å². The molecule has 4 nitrogen and oxygen atoms in total. The zero-order chi connectivity index (χ0) is 18.2. The molecule has 26 heavy (non-hydrogen) atoms. The van der Waals surface area contributed by atoms with Gasteiger partial charge in [-0.25, -0.2) is 4.98 Å². The number of halogens is 1. The van der Waals surface area contributed by atoms with Crippen LogP contribution in [0.2, 0.25) is 5.15 Å². The maximum atomic E-state index is 12.2. The lowest BCUT2D eigenvalue weighted by molar-refractivity contribution is 0.0947.